The van der Waals surface area contributed by atoms with Crippen LogP contribution < -0.4 is 5.73 Å². The van der Waals surface area contributed by atoms with Crippen molar-refractivity contribution in [2.75, 3.05) is 32.8 Å². The van der Waals surface area contributed by atoms with E-state index in [0.29, 0.717) is 25.3 Å². The molecule has 1 saturated heterocycles. The SMILES string of the molecule is CCON=C1CN(C(=O)C(c2ccccc2)c2ccccc2)C(CCN(CC)CC)(C(N)=O)C1. The Morgan fingerprint density at radius 3 is 2.06 bits per heavy atom. The first-order valence-electron chi connectivity index (χ1n) is 12.1. The molecule has 1 aliphatic rings. The lowest BCUT2D eigenvalue weighted by molar-refractivity contribution is -0.144. The van der Waals surface area contributed by atoms with Crippen LogP contribution in [0.25, 0.3) is 0 Å². The fourth-order valence-electron chi connectivity index (χ4n) is 4.70. The van der Waals surface area contributed by atoms with Gasteiger partial charge in [0.25, 0.3) is 0 Å². The molecule has 3 rings (SSSR count). The Labute approximate surface area is 202 Å². The number of rotatable bonds is 11. The highest BCUT2D eigenvalue weighted by atomic mass is 16.6. The van der Waals surface area contributed by atoms with Gasteiger partial charge in [0.05, 0.1) is 18.2 Å². The Kier molecular flexibility index (Phi) is 8.82. The fourth-order valence-corrected chi connectivity index (χ4v) is 4.70. The van der Waals surface area contributed by atoms with Gasteiger partial charge in [-0.3, -0.25) is 9.59 Å². The van der Waals surface area contributed by atoms with Crippen LogP contribution in [0.2, 0.25) is 0 Å². The second-order valence-corrected chi connectivity index (χ2v) is 8.60. The highest BCUT2D eigenvalue weighted by molar-refractivity contribution is 6.05. The van der Waals surface area contributed by atoms with Crippen LogP contribution in [0.4, 0.5) is 0 Å². The van der Waals surface area contributed by atoms with Crippen LogP contribution in [-0.4, -0.2) is 65.7 Å². The largest absolute Gasteiger partial charge is 0.396 e. The number of amides is 2. The van der Waals surface area contributed by atoms with Crippen molar-refractivity contribution in [1.82, 2.24) is 9.80 Å². The molecule has 0 aliphatic carbocycles. The summed E-state index contributed by atoms with van der Waals surface area (Å²) in [6, 6.07) is 19.3. The molecular formula is C27H36N4O3. The average molecular weight is 465 g/mol. The van der Waals surface area contributed by atoms with Crippen molar-refractivity contribution in [3.05, 3.63) is 71.8 Å². The average Bonchev–Trinajstić information content (AvgIpc) is 3.25. The summed E-state index contributed by atoms with van der Waals surface area (Å²) in [5, 5.41) is 4.23. The van der Waals surface area contributed by atoms with E-state index in [2.05, 4.69) is 23.9 Å². The molecule has 7 heteroatoms. The van der Waals surface area contributed by atoms with E-state index in [0.717, 1.165) is 24.2 Å². The van der Waals surface area contributed by atoms with Gasteiger partial charge in [-0.1, -0.05) is 79.7 Å². The fraction of sp³-hybridized carbons (Fsp3) is 0.444. The molecule has 0 radical (unpaired) electrons. The smallest absolute Gasteiger partial charge is 0.243 e. The van der Waals surface area contributed by atoms with E-state index >= 15 is 0 Å². The third-order valence-corrected chi connectivity index (χ3v) is 6.65. The highest BCUT2D eigenvalue weighted by Crippen LogP contribution is 2.37. The van der Waals surface area contributed by atoms with Gasteiger partial charge in [-0.15, -0.1) is 0 Å². The normalized spacial score (nSPS) is 19.2. The zero-order valence-corrected chi connectivity index (χ0v) is 20.4. The lowest BCUT2D eigenvalue weighted by Crippen LogP contribution is -2.58. The Morgan fingerprint density at radius 1 is 1.03 bits per heavy atom. The number of oxime groups is 1. The molecule has 7 nitrogen and oxygen atoms in total. The first-order chi connectivity index (χ1) is 16.5. The molecular weight excluding hydrogens is 428 g/mol. The molecule has 34 heavy (non-hydrogen) atoms. The number of primary amides is 1. The molecule has 1 atom stereocenters. The van der Waals surface area contributed by atoms with Gasteiger partial charge in [-0.05, 0) is 37.6 Å². The molecule has 1 aliphatic heterocycles. The zero-order valence-electron chi connectivity index (χ0n) is 20.4. The second-order valence-electron chi connectivity index (χ2n) is 8.60. The summed E-state index contributed by atoms with van der Waals surface area (Å²) in [5.74, 6) is -1.21. The van der Waals surface area contributed by atoms with Crippen LogP contribution in [0.3, 0.4) is 0 Å². The number of carbonyl (C=O) groups excluding carboxylic acids is 2. The van der Waals surface area contributed by atoms with Crippen LogP contribution >= 0.6 is 0 Å². The summed E-state index contributed by atoms with van der Waals surface area (Å²) in [4.78, 5) is 36.5. The number of hydrogen-bond donors (Lipinski definition) is 1. The van der Waals surface area contributed by atoms with Gasteiger partial charge in [0.2, 0.25) is 11.8 Å². The minimum atomic E-state index is -1.16. The van der Waals surface area contributed by atoms with Crippen molar-refractivity contribution in [1.29, 1.82) is 0 Å². The molecule has 0 bridgehead atoms. The summed E-state index contributed by atoms with van der Waals surface area (Å²) in [7, 11) is 0. The summed E-state index contributed by atoms with van der Waals surface area (Å²) in [5.41, 5.74) is 7.30. The molecule has 2 aromatic rings. The summed E-state index contributed by atoms with van der Waals surface area (Å²) >= 11 is 0. The number of benzene rings is 2. The lowest BCUT2D eigenvalue weighted by Gasteiger charge is -2.38. The third-order valence-electron chi connectivity index (χ3n) is 6.65. The van der Waals surface area contributed by atoms with Gasteiger partial charge < -0.3 is 20.4 Å². The van der Waals surface area contributed by atoms with Gasteiger partial charge in [0.1, 0.15) is 12.1 Å². The maximum Gasteiger partial charge on any atom is 0.243 e. The van der Waals surface area contributed by atoms with Gasteiger partial charge in [-0.2, -0.15) is 0 Å². The van der Waals surface area contributed by atoms with Crippen molar-refractivity contribution < 1.29 is 14.4 Å². The quantitative estimate of drug-likeness (QED) is 0.516. The molecule has 2 N–H and O–H groups in total. The maximum atomic E-state index is 14.3. The molecule has 0 saturated carbocycles. The molecule has 0 aromatic heterocycles. The van der Waals surface area contributed by atoms with Crippen LogP contribution in [0.5, 0.6) is 0 Å². The van der Waals surface area contributed by atoms with Gasteiger partial charge >= 0.3 is 0 Å². The number of hydrogen-bond acceptors (Lipinski definition) is 5. The van der Waals surface area contributed by atoms with Crippen molar-refractivity contribution in [3.8, 4) is 0 Å². The Balaban J connectivity index is 2.06. The number of nitrogens with zero attached hydrogens (tertiary/aromatic N) is 3. The van der Waals surface area contributed by atoms with E-state index in [1.807, 2.05) is 67.6 Å². The second kappa shape index (κ2) is 11.8. The lowest BCUT2D eigenvalue weighted by atomic mass is 9.86. The van der Waals surface area contributed by atoms with E-state index in [1.165, 1.54) is 0 Å². The van der Waals surface area contributed by atoms with Crippen LogP contribution in [0, 0.1) is 0 Å². The van der Waals surface area contributed by atoms with E-state index in [9.17, 15) is 9.59 Å². The Morgan fingerprint density at radius 2 is 1.59 bits per heavy atom. The van der Waals surface area contributed by atoms with Gasteiger partial charge in [-0.25, -0.2) is 0 Å². The van der Waals surface area contributed by atoms with Crippen molar-refractivity contribution in [3.63, 3.8) is 0 Å². The summed E-state index contributed by atoms with van der Waals surface area (Å²) in [6.45, 7) is 9.02. The predicted molar refractivity (Wildman–Crippen MR) is 134 cm³/mol. The van der Waals surface area contributed by atoms with Crippen LogP contribution in [-0.2, 0) is 14.4 Å². The number of nitrogens with two attached hydrogens (primary N) is 1. The monoisotopic (exact) mass is 464 g/mol. The van der Waals surface area contributed by atoms with E-state index < -0.39 is 17.4 Å². The summed E-state index contributed by atoms with van der Waals surface area (Å²) < 4.78 is 0. The Hall–Kier alpha value is -3.19. The van der Waals surface area contributed by atoms with Gasteiger partial charge in [0.15, 0.2) is 0 Å². The predicted octanol–water partition coefficient (Wildman–Crippen LogP) is 3.40. The molecule has 1 heterocycles. The number of likely N-dealkylation sites (tertiary alicyclic amines) is 1. The summed E-state index contributed by atoms with van der Waals surface area (Å²) in [6.07, 6.45) is 0.725. The highest BCUT2D eigenvalue weighted by Gasteiger charge is 2.52. The van der Waals surface area contributed by atoms with Crippen LogP contribution in [0.1, 0.15) is 50.7 Å². The topological polar surface area (TPSA) is 88.2 Å². The number of carbonyl (C=O) groups is 2. The molecule has 2 amide bonds. The third kappa shape index (κ3) is 5.47. The van der Waals surface area contributed by atoms with Crippen molar-refractivity contribution >= 4 is 17.5 Å². The van der Waals surface area contributed by atoms with E-state index in [-0.39, 0.29) is 18.9 Å². The molecule has 1 unspecified atom stereocenters. The molecule has 0 spiro atoms. The standard InChI is InChI=1S/C27H36N4O3/c1-4-30(5-2)18-17-27(26(28)33)19-23(29-34-6-3)20-31(27)25(32)24(21-13-9-7-10-14-21)22-15-11-8-12-16-22/h7-16,24H,4-6,17-20H2,1-3H3,(H2,28,33). The minimum Gasteiger partial charge on any atom is -0.396 e. The van der Waals surface area contributed by atoms with Crippen molar-refractivity contribution in [2.24, 2.45) is 10.9 Å². The molecule has 1 fully saturated rings. The van der Waals surface area contributed by atoms with E-state index in [1.54, 1.807) is 4.90 Å². The zero-order chi connectivity index (χ0) is 24.6. The van der Waals surface area contributed by atoms with Crippen LogP contribution in [0.15, 0.2) is 65.8 Å². The molecule has 182 valence electrons. The van der Waals surface area contributed by atoms with E-state index in [4.69, 9.17) is 10.6 Å². The van der Waals surface area contributed by atoms with Gasteiger partial charge in [0, 0.05) is 13.0 Å². The minimum absolute atomic E-state index is 0.155. The Bertz CT molecular complexity index is 936. The maximum absolute atomic E-state index is 14.3. The molecule has 2 aromatic carbocycles. The first kappa shape index (κ1) is 25.4. The van der Waals surface area contributed by atoms with Crippen molar-refractivity contribution in [2.45, 2.75) is 45.1 Å². The first-order valence-corrected chi connectivity index (χ1v) is 12.1.